The SMILES string of the molecule is Nc1ccccc1CNCc1ccc(S(=O)(=O)N2CCCCC2)cc1. The third-order valence-electron chi connectivity index (χ3n) is 4.58. The Morgan fingerprint density at radius 2 is 1.60 bits per heavy atom. The predicted molar refractivity (Wildman–Crippen MR) is 100 cm³/mol. The molecule has 1 fully saturated rings. The molecule has 3 N–H and O–H groups in total. The van der Waals surface area contributed by atoms with Crippen LogP contribution >= 0.6 is 0 Å². The summed E-state index contributed by atoms with van der Waals surface area (Å²) in [5.41, 5.74) is 8.81. The molecule has 1 heterocycles. The number of nitrogen functional groups attached to an aromatic ring is 1. The normalized spacial score (nSPS) is 16.0. The second-order valence-corrected chi connectivity index (χ2v) is 8.35. The summed E-state index contributed by atoms with van der Waals surface area (Å²) in [5.74, 6) is 0. The topological polar surface area (TPSA) is 75.4 Å². The Bertz CT molecular complexity index is 798. The van der Waals surface area contributed by atoms with Crippen LogP contribution in [-0.2, 0) is 23.1 Å². The second-order valence-electron chi connectivity index (χ2n) is 6.41. The van der Waals surface area contributed by atoms with Crippen LogP contribution < -0.4 is 11.1 Å². The quantitative estimate of drug-likeness (QED) is 0.778. The number of nitrogens with one attached hydrogen (secondary N) is 1. The van der Waals surface area contributed by atoms with E-state index in [1.54, 1.807) is 16.4 Å². The van der Waals surface area contributed by atoms with Crippen molar-refractivity contribution in [2.75, 3.05) is 18.8 Å². The first-order chi connectivity index (χ1) is 12.1. The number of rotatable bonds is 6. The number of sulfonamides is 1. The molecule has 25 heavy (non-hydrogen) atoms. The van der Waals surface area contributed by atoms with Gasteiger partial charge in [0.05, 0.1) is 4.90 Å². The van der Waals surface area contributed by atoms with Gasteiger partial charge < -0.3 is 11.1 Å². The van der Waals surface area contributed by atoms with Crippen LogP contribution in [-0.4, -0.2) is 25.8 Å². The van der Waals surface area contributed by atoms with Crippen molar-refractivity contribution in [1.82, 2.24) is 9.62 Å². The first-order valence-electron chi connectivity index (χ1n) is 8.70. The van der Waals surface area contributed by atoms with Gasteiger partial charge in [-0.3, -0.25) is 0 Å². The van der Waals surface area contributed by atoms with E-state index in [1.165, 1.54) is 0 Å². The van der Waals surface area contributed by atoms with Crippen molar-refractivity contribution in [3.63, 3.8) is 0 Å². The van der Waals surface area contributed by atoms with Crippen LogP contribution in [0.1, 0.15) is 30.4 Å². The molecule has 0 amide bonds. The first-order valence-corrected chi connectivity index (χ1v) is 10.1. The van der Waals surface area contributed by atoms with Crippen molar-refractivity contribution in [2.45, 2.75) is 37.2 Å². The Morgan fingerprint density at radius 1 is 0.920 bits per heavy atom. The van der Waals surface area contributed by atoms with Crippen LogP contribution in [0.2, 0.25) is 0 Å². The average molecular weight is 359 g/mol. The predicted octanol–water partition coefficient (Wildman–Crippen LogP) is 2.73. The highest BCUT2D eigenvalue weighted by Crippen LogP contribution is 2.21. The van der Waals surface area contributed by atoms with Gasteiger partial charge in [0, 0.05) is 31.9 Å². The minimum atomic E-state index is -3.35. The summed E-state index contributed by atoms with van der Waals surface area (Å²) in [4.78, 5) is 0.380. The molecular formula is C19H25N3O2S. The Kier molecular flexibility index (Phi) is 5.73. The number of hydrogen-bond acceptors (Lipinski definition) is 4. The summed E-state index contributed by atoms with van der Waals surface area (Å²) in [5, 5.41) is 3.34. The molecule has 5 nitrogen and oxygen atoms in total. The van der Waals surface area contributed by atoms with E-state index in [2.05, 4.69) is 5.32 Å². The fraction of sp³-hybridized carbons (Fsp3) is 0.368. The largest absolute Gasteiger partial charge is 0.398 e. The summed E-state index contributed by atoms with van der Waals surface area (Å²) in [6.45, 7) is 2.60. The van der Waals surface area contributed by atoms with E-state index in [4.69, 9.17) is 5.73 Å². The number of benzene rings is 2. The third-order valence-corrected chi connectivity index (χ3v) is 6.49. The van der Waals surface area contributed by atoms with Gasteiger partial charge in [0.15, 0.2) is 0 Å². The molecular weight excluding hydrogens is 334 g/mol. The summed E-state index contributed by atoms with van der Waals surface area (Å²) >= 11 is 0. The standard InChI is InChI=1S/C19H25N3O2S/c20-19-7-3-2-6-17(19)15-21-14-16-8-10-18(11-9-16)25(23,24)22-12-4-1-5-13-22/h2-3,6-11,21H,1,4-5,12-15,20H2. The fourth-order valence-corrected chi connectivity index (χ4v) is 4.59. The Labute approximate surface area is 149 Å². The molecule has 2 aromatic rings. The summed E-state index contributed by atoms with van der Waals surface area (Å²) in [6, 6.07) is 14.9. The lowest BCUT2D eigenvalue weighted by molar-refractivity contribution is 0.346. The minimum Gasteiger partial charge on any atom is -0.398 e. The van der Waals surface area contributed by atoms with Gasteiger partial charge in [0.25, 0.3) is 0 Å². The van der Waals surface area contributed by atoms with E-state index in [0.717, 1.165) is 36.1 Å². The Hall–Kier alpha value is -1.89. The Balaban J connectivity index is 1.59. The van der Waals surface area contributed by atoms with Gasteiger partial charge in [0.2, 0.25) is 10.0 Å². The number of nitrogens with zero attached hydrogens (tertiary/aromatic N) is 1. The third kappa shape index (κ3) is 4.39. The number of nitrogens with two attached hydrogens (primary N) is 1. The van der Waals surface area contributed by atoms with Crippen molar-refractivity contribution in [1.29, 1.82) is 0 Å². The molecule has 0 atom stereocenters. The molecule has 0 unspecified atom stereocenters. The van der Waals surface area contributed by atoms with E-state index in [9.17, 15) is 8.42 Å². The summed E-state index contributed by atoms with van der Waals surface area (Å²) in [6.07, 6.45) is 3.01. The molecule has 134 valence electrons. The maximum atomic E-state index is 12.6. The monoisotopic (exact) mass is 359 g/mol. The van der Waals surface area contributed by atoms with Crippen LogP contribution in [0.15, 0.2) is 53.4 Å². The lowest BCUT2D eigenvalue weighted by Crippen LogP contribution is -2.35. The molecule has 3 rings (SSSR count). The first kappa shape index (κ1) is 17.9. The second kappa shape index (κ2) is 7.99. The van der Waals surface area contributed by atoms with E-state index in [1.807, 2.05) is 36.4 Å². The molecule has 0 saturated carbocycles. The van der Waals surface area contributed by atoms with Gasteiger partial charge in [-0.2, -0.15) is 4.31 Å². The van der Waals surface area contributed by atoms with E-state index in [0.29, 0.717) is 31.1 Å². The van der Waals surface area contributed by atoms with Crippen LogP contribution in [0.3, 0.4) is 0 Å². The maximum absolute atomic E-state index is 12.6. The zero-order valence-electron chi connectivity index (χ0n) is 14.3. The maximum Gasteiger partial charge on any atom is 0.243 e. The van der Waals surface area contributed by atoms with Crippen molar-refractivity contribution < 1.29 is 8.42 Å². The van der Waals surface area contributed by atoms with E-state index < -0.39 is 10.0 Å². The molecule has 1 aliphatic rings. The Morgan fingerprint density at radius 3 is 2.28 bits per heavy atom. The molecule has 0 aromatic heterocycles. The summed E-state index contributed by atoms with van der Waals surface area (Å²) < 4.78 is 26.9. The highest BCUT2D eigenvalue weighted by atomic mass is 32.2. The highest BCUT2D eigenvalue weighted by Gasteiger charge is 2.25. The van der Waals surface area contributed by atoms with Crippen LogP contribution in [0.5, 0.6) is 0 Å². The van der Waals surface area contributed by atoms with Gasteiger partial charge in [-0.25, -0.2) is 8.42 Å². The molecule has 0 radical (unpaired) electrons. The van der Waals surface area contributed by atoms with Gasteiger partial charge >= 0.3 is 0 Å². The molecule has 1 aliphatic heterocycles. The van der Waals surface area contributed by atoms with Crippen LogP contribution in [0, 0.1) is 0 Å². The number of hydrogen-bond donors (Lipinski definition) is 2. The lowest BCUT2D eigenvalue weighted by Gasteiger charge is -2.25. The van der Waals surface area contributed by atoms with Crippen molar-refractivity contribution in [3.8, 4) is 0 Å². The molecule has 0 spiro atoms. The number of anilines is 1. The van der Waals surface area contributed by atoms with Gasteiger partial charge in [0.1, 0.15) is 0 Å². The van der Waals surface area contributed by atoms with Crippen LogP contribution in [0.25, 0.3) is 0 Å². The van der Waals surface area contributed by atoms with E-state index >= 15 is 0 Å². The zero-order chi connectivity index (χ0) is 17.7. The molecule has 0 aliphatic carbocycles. The van der Waals surface area contributed by atoms with Crippen LogP contribution in [0.4, 0.5) is 5.69 Å². The van der Waals surface area contributed by atoms with Crippen molar-refractivity contribution >= 4 is 15.7 Å². The molecule has 1 saturated heterocycles. The molecule has 6 heteroatoms. The van der Waals surface area contributed by atoms with Gasteiger partial charge in [-0.1, -0.05) is 36.8 Å². The molecule has 0 bridgehead atoms. The summed E-state index contributed by atoms with van der Waals surface area (Å²) in [7, 11) is -3.35. The lowest BCUT2D eigenvalue weighted by atomic mass is 10.1. The highest BCUT2D eigenvalue weighted by molar-refractivity contribution is 7.89. The number of para-hydroxylation sites is 1. The van der Waals surface area contributed by atoms with Gasteiger partial charge in [-0.15, -0.1) is 0 Å². The van der Waals surface area contributed by atoms with Crippen molar-refractivity contribution in [3.05, 3.63) is 59.7 Å². The van der Waals surface area contributed by atoms with E-state index in [-0.39, 0.29) is 0 Å². The van der Waals surface area contributed by atoms with Crippen molar-refractivity contribution in [2.24, 2.45) is 0 Å². The minimum absolute atomic E-state index is 0.380. The smallest absolute Gasteiger partial charge is 0.243 e. The van der Waals surface area contributed by atoms with Gasteiger partial charge in [-0.05, 0) is 42.2 Å². The number of piperidine rings is 1. The zero-order valence-corrected chi connectivity index (χ0v) is 15.1. The fourth-order valence-electron chi connectivity index (χ4n) is 3.07. The average Bonchev–Trinajstić information content (AvgIpc) is 2.64. The molecule has 2 aromatic carbocycles.